The molecular weight excluding hydrogens is 318 g/mol. The summed E-state index contributed by atoms with van der Waals surface area (Å²) < 4.78 is 32.9. The number of methoxy groups -OCH3 is 1. The summed E-state index contributed by atoms with van der Waals surface area (Å²) in [6.07, 6.45) is 0.852. The molecule has 4 nitrogen and oxygen atoms in total. The third-order valence-electron chi connectivity index (χ3n) is 3.59. The van der Waals surface area contributed by atoms with Gasteiger partial charge < -0.3 is 4.74 Å². The largest absolute Gasteiger partial charge is 0.376 e. The van der Waals surface area contributed by atoms with Gasteiger partial charge >= 0.3 is 0 Å². The van der Waals surface area contributed by atoms with Crippen molar-refractivity contribution in [2.75, 3.05) is 25.2 Å². The summed E-state index contributed by atoms with van der Waals surface area (Å²) in [4.78, 5) is 0.224. The van der Waals surface area contributed by atoms with Crippen molar-refractivity contribution in [3.05, 3.63) is 28.8 Å². The molecule has 112 valence electrons. The minimum atomic E-state index is -3.57. The molecule has 0 bridgehead atoms. The number of rotatable bonds is 5. The number of hydrogen-bond donors (Lipinski definition) is 1. The van der Waals surface area contributed by atoms with Gasteiger partial charge in [0.05, 0.1) is 10.5 Å². The molecule has 7 heteroatoms. The predicted octanol–water partition coefficient (Wildman–Crippen LogP) is 2.45. The van der Waals surface area contributed by atoms with Gasteiger partial charge in [0, 0.05) is 24.4 Å². The molecule has 20 heavy (non-hydrogen) atoms. The molecule has 1 fully saturated rings. The minimum absolute atomic E-state index is 0.224. The molecule has 0 radical (unpaired) electrons. The van der Waals surface area contributed by atoms with Crippen molar-refractivity contribution in [3.63, 3.8) is 0 Å². The lowest BCUT2D eigenvalue weighted by Crippen LogP contribution is -2.44. The summed E-state index contributed by atoms with van der Waals surface area (Å²) in [5.41, 5.74) is 0.165. The summed E-state index contributed by atoms with van der Waals surface area (Å²) in [7, 11) is -1.94. The zero-order valence-corrected chi connectivity index (χ0v) is 13.9. The maximum absolute atomic E-state index is 12.4. The molecule has 1 aromatic rings. The van der Waals surface area contributed by atoms with E-state index in [2.05, 4.69) is 4.72 Å². The third kappa shape index (κ3) is 3.31. The van der Waals surface area contributed by atoms with E-state index in [4.69, 9.17) is 16.3 Å². The van der Waals surface area contributed by atoms with Crippen LogP contribution in [0.4, 0.5) is 0 Å². The van der Waals surface area contributed by atoms with E-state index in [0.717, 1.165) is 17.9 Å². The SMILES string of the molecule is CO[C@@]1(CNS(=O)(=O)c2cccc(Cl)c2C)CCSC1. The van der Waals surface area contributed by atoms with Gasteiger partial charge in [0.15, 0.2) is 0 Å². The van der Waals surface area contributed by atoms with Crippen molar-refractivity contribution in [2.45, 2.75) is 23.8 Å². The first-order valence-corrected chi connectivity index (χ1v) is 9.29. The Kier molecular flexibility index (Phi) is 5.02. The van der Waals surface area contributed by atoms with Gasteiger partial charge in [0.2, 0.25) is 10.0 Å². The standard InChI is InChI=1S/C13H18ClNO3S2/c1-10-11(14)4-3-5-12(10)20(16,17)15-8-13(18-2)6-7-19-9-13/h3-5,15H,6-9H2,1-2H3/t13-/m1/s1. The molecule has 1 N–H and O–H groups in total. The summed E-state index contributed by atoms with van der Waals surface area (Å²) in [5.74, 6) is 1.80. The molecule has 0 saturated carbocycles. The molecular formula is C13H18ClNO3S2. The second-order valence-electron chi connectivity index (χ2n) is 4.88. The Labute approximate surface area is 129 Å². The number of sulfonamides is 1. The van der Waals surface area contributed by atoms with E-state index < -0.39 is 15.6 Å². The minimum Gasteiger partial charge on any atom is -0.376 e. The highest BCUT2D eigenvalue weighted by atomic mass is 35.5. The lowest BCUT2D eigenvalue weighted by molar-refractivity contribution is 0.0179. The number of nitrogens with one attached hydrogen (secondary N) is 1. The van der Waals surface area contributed by atoms with Crippen molar-refractivity contribution in [1.82, 2.24) is 4.72 Å². The Morgan fingerprint density at radius 2 is 2.25 bits per heavy atom. The van der Waals surface area contributed by atoms with Gasteiger partial charge in [0.1, 0.15) is 0 Å². The molecule has 0 spiro atoms. The molecule has 1 heterocycles. The van der Waals surface area contributed by atoms with Gasteiger partial charge in [-0.3, -0.25) is 0 Å². The topological polar surface area (TPSA) is 55.4 Å². The summed E-state index contributed by atoms with van der Waals surface area (Å²) in [6.45, 7) is 1.99. The number of halogens is 1. The lowest BCUT2D eigenvalue weighted by Gasteiger charge is -2.26. The molecule has 0 aromatic heterocycles. The maximum atomic E-state index is 12.4. The van der Waals surface area contributed by atoms with E-state index in [1.807, 2.05) is 0 Å². The highest BCUT2D eigenvalue weighted by Gasteiger charge is 2.35. The fourth-order valence-electron chi connectivity index (χ4n) is 2.14. The van der Waals surface area contributed by atoms with Crippen molar-refractivity contribution in [1.29, 1.82) is 0 Å². The number of thioether (sulfide) groups is 1. The first-order chi connectivity index (χ1) is 9.40. The molecule has 0 amide bonds. The average molecular weight is 336 g/mol. The predicted molar refractivity (Wildman–Crippen MR) is 83.1 cm³/mol. The number of hydrogen-bond acceptors (Lipinski definition) is 4. The first-order valence-electron chi connectivity index (χ1n) is 6.28. The van der Waals surface area contributed by atoms with E-state index in [1.165, 1.54) is 0 Å². The van der Waals surface area contributed by atoms with Crippen LogP contribution in [0.25, 0.3) is 0 Å². The zero-order chi connectivity index (χ0) is 14.8. The van der Waals surface area contributed by atoms with Crippen molar-refractivity contribution < 1.29 is 13.2 Å². The van der Waals surface area contributed by atoms with E-state index >= 15 is 0 Å². The first kappa shape index (κ1) is 16.1. The fraction of sp³-hybridized carbons (Fsp3) is 0.538. The van der Waals surface area contributed by atoms with Crippen LogP contribution in [0.15, 0.2) is 23.1 Å². The molecule has 1 aliphatic heterocycles. The van der Waals surface area contributed by atoms with Gasteiger partial charge in [-0.2, -0.15) is 11.8 Å². The number of benzene rings is 1. The molecule has 1 aromatic carbocycles. The highest BCUT2D eigenvalue weighted by Crippen LogP contribution is 2.31. The van der Waals surface area contributed by atoms with Crippen molar-refractivity contribution >= 4 is 33.4 Å². The van der Waals surface area contributed by atoms with Gasteiger partial charge in [-0.25, -0.2) is 13.1 Å². The zero-order valence-electron chi connectivity index (χ0n) is 11.5. The molecule has 1 atom stereocenters. The molecule has 0 unspecified atom stereocenters. The Morgan fingerprint density at radius 3 is 2.85 bits per heavy atom. The van der Waals surface area contributed by atoms with Crippen LogP contribution in [0.3, 0.4) is 0 Å². The van der Waals surface area contributed by atoms with E-state index in [0.29, 0.717) is 10.6 Å². The van der Waals surface area contributed by atoms with Crippen LogP contribution in [-0.2, 0) is 14.8 Å². The van der Waals surface area contributed by atoms with Crippen LogP contribution >= 0.6 is 23.4 Å². The van der Waals surface area contributed by atoms with Gasteiger partial charge in [-0.1, -0.05) is 17.7 Å². The smallest absolute Gasteiger partial charge is 0.240 e. The number of ether oxygens (including phenoxy) is 1. The second-order valence-corrected chi connectivity index (χ2v) is 8.12. The second kappa shape index (κ2) is 6.23. The average Bonchev–Trinajstić information content (AvgIpc) is 2.89. The highest BCUT2D eigenvalue weighted by molar-refractivity contribution is 7.99. The molecule has 2 rings (SSSR count). The quantitative estimate of drug-likeness (QED) is 0.898. The Balaban J connectivity index is 2.17. The summed E-state index contributed by atoms with van der Waals surface area (Å²) in [6, 6.07) is 4.88. The fourth-order valence-corrected chi connectivity index (χ4v) is 5.15. The van der Waals surface area contributed by atoms with Gasteiger partial charge in [-0.15, -0.1) is 0 Å². The molecule has 0 aliphatic carbocycles. The third-order valence-corrected chi connectivity index (χ3v) is 6.77. The van der Waals surface area contributed by atoms with Crippen LogP contribution in [0.2, 0.25) is 5.02 Å². The van der Waals surface area contributed by atoms with Crippen LogP contribution in [0.1, 0.15) is 12.0 Å². The molecule has 1 saturated heterocycles. The summed E-state index contributed by atoms with van der Waals surface area (Å²) >= 11 is 7.76. The van der Waals surface area contributed by atoms with E-state index in [-0.39, 0.29) is 11.4 Å². The molecule has 1 aliphatic rings. The Morgan fingerprint density at radius 1 is 1.50 bits per heavy atom. The Hall–Kier alpha value is -0.270. The monoisotopic (exact) mass is 335 g/mol. The van der Waals surface area contributed by atoms with Gasteiger partial charge in [-0.05, 0) is 36.8 Å². The lowest BCUT2D eigenvalue weighted by atomic mass is 10.0. The summed E-state index contributed by atoms with van der Waals surface area (Å²) in [5, 5.41) is 0.450. The van der Waals surface area contributed by atoms with E-state index in [9.17, 15) is 8.42 Å². The normalized spacial score (nSPS) is 23.1. The van der Waals surface area contributed by atoms with Crippen molar-refractivity contribution in [3.8, 4) is 0 Å². The van der Waals surface area contributed by atoms with Crippen LogP contribution in [-0.4, -0.2) is 39.2 Å². The maximum Gasteiger partial charge on any atom is 0.240 e. The van der Waals surface area contributed by atoms with E-state index in [1.54, 1.807) is 44.0 Å². The Bertz CT molecular complexity index is 583. The van der Waals surface area contributed by atoms with Crippen LogP contribution in [0.5, 0.6) is 0 Å². The van der Waals surface area contributed by atoms with Crippen LogP contribution < -0.4 is 4.72 Å². The van der Waals surface area contributed by atoms with Crippen molar-refractivity contribution in [2.24, 2.45) is 0 Å². The van der Waals surface area contributed by atoms with Crippen LogP contribution in [0, 0.1) is 6.92 Å². The van der Waals surface area contributed by atoms with Gasteiger partial charge in [0.25, 0.3) is 0 Å².